The van der Waals surface area contributed by atoms with Crippen LogP contribution in [0.3, 0.4) is 0 Å². The summed E-state index contributed by atoms with van der Waals surface area (Å²) in [6.07, 6.45) is -0.309. The lowest BCUT2D eigenvalue weighted by molar-refractivity contribution is 0.196. The molecule has 1 aromatic carbocycles. The molecular weight excluding hydrogens is 206 g/mol. The van der Waals surface area contributed by atoms with Crippen molar-refractivity contribution in [3.8, 4) is 0 Å². The van der Waals surface area contributed by atoms with Crippen LogP contribution < -0.4 is 5.73 Å². The molecule has 3 atom stereocenters. The quantitative estimate of drug-likeness (QED) is 0.774. The van der Waals surface area contributed by atoms with Gasteiger partial charge < -0.3 is 10.8 Å². The highest BCUT2D eigenvalue weighted by molar-refractivity contribution is 8.00. The number of benzene rings is 1. The lowest BCUT2D eigenvalue weighted by Crippen LogP contribution is -2.16. The first-order valence-electron chi connectivity index (χ1n) is 5.21. The maximum atomic E-state index is 9.46. The monoisotopic (exact) mass is 225 g/mol. The molecule has 0 radical (unpaired) electrons. The first kappa shape index (κ1) is 12.6. The van der Waals surface area contributed by atoms with Gasteiger partial charge in [0.25, 0.3) is 0 Å². The lowest BCUT2D eigenvalue weighted by atomic mass is 10.1. The van der Waals surface area contributed by atoms with E-state index in [2.05, 4.69) is 6.07 Å². The van der Waals surface area contributed by atoms with Crippen molar-refractivity contribution in [3.63, 3.8) is 0 Å². The minimum atomic E-state index is -0.309. The number of aliphatic hydroxyl groups is 1. The van der Waals surface area contributed by atoms with Gasteiger partial charge in [0.2, 0.25) is 0 Å². The predicted molar refractivity (Wildman–Crippen MR) is 66.0 cm³/mol. The zero-order chi connectivity index (χ0) is 11.4. The van der Waals surface area contributed by atoms with Gasteiger partial charge in [-0.25, -0.2) is 0 Å². The van der Waals surface area contributed by atoms with Gasteiger partial charge in [-0.3, -0.25) is 0 Å². The summed E-state index contributed by atoms with van der Waals surface area (Å²) in [5.74, 6) is 0. The van der Waals surface area contributed by atoms with E-state index in [1.54, 1.807) is 11.8 Å². The fourth-order valence-electron chi connectivity index (χ4n) is 1.26. The molecule has 0 fully saturated rings. The zero-order valence-corrected chi connectivity index (χ0v) is 10.3. The van der Waals surface area contributed by atoms with Crippen molar-refractivity contribution in [2.75, 3.05) is 0 Å². The van der Waals surface area contributed by atoms with E-state index in [9.17, 15) is 5.11 Å². The van der Waals surface area contributed by atoms with Gasteiger partial charge in [-0.05, 0) is 25.5 Å². The van der Waals surface area contributed by atoms with Crippen LogP contribution in [0.25, 0.3) is 0 Å². The molecule has 0 aliphatic carbocycles. The molecule has 1 rings (SSSR count). The molecule has 0 amide bonds. The third-order valence-electron chi connectivity index (χ3n) is 2.40. The second-order valence-corrected chi connectivity index (χ2v) is 5.31. The molecule has 0 heterocycles. The molecule has 0 bridgehead atoms. The minimum absolute atomic E-state index is 0.0369. The predicted octanol–water partition coefficient (Wildman–Crippen LogP) is 2.57. The van der Waals surface area contributed by atoms with Crippen LogP contribution in [0.15, 0.2) is 29.2 Å². The van der Waals surface area contributed by atoms with Gasteiger partial charge in [-0.1, -0.05) is 25.1 Å². The highest BCUT2D eigenvalue weighted by atomic mass is 32.2. The summed E-state index contributed by atoms with van der Waals surface area (Å²) in [6, 6.07) is 8.14. The standard InChI is InChI=1S/C12H19NOS/c1-8(13)11-6-4-5-7-12(11)15-10(3)9(2)14/h4-10,14H,13H2,1-3H3/t8-,9?,10?/m0/s1. The van der Waals surface area contributed by atoms with Crippen LogP contribution in [0.1, 0.15) is 32.4 Å². The third kappa shape index (κ3) is 3.52. The molecule has 0 aromatic heterocycles. The van der Waals surface area contributed by atoms with E-state index in [0.717, 1.165) is 5.56 Å². The van der Waals surface area contributed by atoms with E-state index in [1.165, 1.54) is 4.90 Å². The Hall–Kier alpha value is -0.510. The summed E-state index contributed by atoms with van der Waals surface area (Å²) >= 11 is 1.68. The Labute approximate surface area is 95.9 Å². The first-order valence-corrected chi connectivity index (χ1v) is 6.09. The van der Waals surface area contributed by atoms with Gasteiger partial charge in [-0.15, -0.1) is 11.8 Å². The van der Waals surface area contributed by atoms with Gasteiger partial charge in [0.05, 0.1) is 6.10 Å². The number of aliphatic hydroxyl groups excluding tert-OH is 1. The van der Waals surface area contributed by atoms with Gasteiger partial charge >= 0.3 is 0 Å². The molecule has 0 spiro atoms. The SMILES string of the molecule is CC(O)C(C)Sc1ccccc1[C@H](C)N. The van der Waals surface area contributed by atoms with Gasteiger partial charge in [0.15, 0.2) is 0 Å². The van der Waals surface area contributed by atoms with Crippen LogP contribution in [0.5, 0.6) is 0 Å². The molecule has 84 valence electrons. The summed E-state index contributed by atoms with van der Waals surface area (Å²) in [6.45, 7) is 5.81. The van der Waals surface area contributed by atoms with Crippen molar-refractivity contribution in [3.05, 3.63) is 29.8 Å². The molecule has 0 saturated heterocycles. The van der Waals surface area contributed by atoms with Crippen molar-refractivity contribution < 1.29 is 5.11 Å². The van der Waals surface area contributed by atoms with Crippen LogP contribution in [-0.2, 0) is 0 Å². The van der Waals surface area contributed by atoms with E-state index in [4.69, 9.17) is 5.73 Å². The maximum Gasteiger partial charge on any atom is 0.0631 e. The summed E-state index contributed by atoms with van der Waals surface area (Å²) < 4.78 is 0. The molecule has 3 heteroatoms. The number of hydrogen-bond acceptors (Lipinski definition) is 3. The molecule has 1 aromatic rings. The topological polar surface area (TPSA) is 46.2 Å². The fourth-order valence-corrected chi connectivity index (χ4v) is 2.41. The van der Waals surface area contributed by atoms with Crippen LogP contribution in [-0.4, -0.2) is 16.5 Å². The van der Waals surface area contributed by atoms with Crippen molar-refractivity contribution in [1.29, 1.82) is 0 Å². The van der Waals surface area contributed by atoms with E-state index in [-0.39, 0.29) is 17.4 Å². The highest BCUT2D eigenvalue weighted by Crippen LogP contribution is 2.30. The number of nitrogens with two attached hydrogens (primary N) is 1. The molecular formula is C12H19NOS. The number of thioether (sulfide) groups is 1. The van der Waals surface area contributed by atoms with Crippen molar-refractivity contribution in [2.24, 2.45) is 5.73 Å². The van der Waals surface area contributed by atoms with Gasteiger partial charge in [0, 0.05) is 16.2 Å². The molecule has 15 heavy (non-hydrogen) atoms. The smallest absolute Gasteiger partial charge is 0.0631 e. The van der Waals surface area contributed by atoms with Crippen molar-refractivity contribution >= 4 is 11.8 Å². The fraction of sp³-hybridized carbons (Fsp3) is 0.500. The zero-order valence-electron chi connectivity index (χ0n) is 9.47. The van der Waals surface area contributed by atoms with Crippen molar-refractivity contribution in [1.82, 2.24) is 0 Å². The van der Waals surface area contributed by atoms with Crippen LogP contribution in [0.4, 0.5) is 0 Å². The average molecular weight is 225 g/mol. The second-order valence-electron chi connectivity index (χ2n) is 3.89. The largest absolute Gasteiger partial charge is 0.392 e. The maximum absolute atomic E-state index is 9.46. The summed E-state index contributed by atoms with van der Waals surface area (Å²) in [7, 11) is 0. The Bertz CT molecular complexity index is 312. The molecule has 2 unspecified atom stereocenters. The van der Waals surface area contributed by atoms with Crippen LogP contribution >= 0.6 is 11.8 Å². The highest BCUT2D eigenvalue weighted by Gasteiger charge is 2.13. The van der Waals surface area contributed by atoms with Crippen molar-refractivity contribution in [2.45, 2.75) is 43.1 Å². The summed E-state index contributed by atoms with van der Waals surface area (Å²) in [4.78, 5) is 1.17. The Balaban J connectivity index is 2.84. The minimum Gasteiger partial charge on any atom is -0.392 e. The van der Waals surface area contributed by atoms with Crippen LogP contribution in [0, 0.1) is 0 Å². The van der Waals surface area contributed by atoms with Crippen LogP contribution in [0.2, 0.25) is 0 Å². The van der Waals surface area contributed by atoms with E-state index < -0.39 is 0 Å². The Morgan fingerprint density at radius 3 is 2.33 bits per heavy atom. The molecule has 0 aliphatic heterocycles. The molecule has 0 saturated carbocycles. The second kappa shape index (κ2) is 5.54. The molecule has 3 N–H and O–H groups in total. The van der Waals surface area contributed by atoms with Gasteiger partial charge in [0.1, 0.15) is 0 Å². The summed E-state index contributed by atoms with van der Waals surface area (Å²) in [5, 5.41) is 9.64. The Morgan fingerprint density at radius 2 is 1.80 bits per heavy atom. The normalized spacial score (nSPS) is 17.1. The van der Waals surface area contributed by atoms with E-state index in [1.807, 2.05) is 39.0 Å². The van der Waals surface area contributed by atoms with E-state index >= 15 is 0 Å². The Morgan fingerprint density at radius 1 is 1.20 bits per heavy atom. The van der Waals surface area contributed by atoms with E-state index in [0.29, 0.717) is 0 Å². The van der Waals surface area contributed by atoms with Gasteiger partial charge in [-0.2, -0.15) is 0 Å². The lowest BCUT2D eigenvalue weighted by Gasteiger charge is -2.18. The molecule has 0 aliphatic rings. The average Bonchev–Trinajstić information content (AvgIpc) is 2.18. The third-order valence-corrected chi connectivity index (χ3v) is 3.79. The number of hydrogen-bond donors (Lipinski definition) is 2. The Kier molecular flexibility index (Phi) is 4.64. The first-order chi connectivity index (χ1) is 7.02. The molecule has 2 nitrogen and oxygen atoms in total. The number of rotatable bonds is 4. The summed E-state index contributed by atoms with van der Waals surface area (Å²) in [5.41, 5.74) is 7.04.